The highest BCUT2D eigenvalue weighted by atomic mass is 79.9. The molecule has 2 nitrogen and oxygen atoms in total. The molecule has 0 unspecified atom stereocenters. The number of hydrogen-bond acceptors (Lipinski definition) is 2. The minimum atomic E-state index is 0.168. The van der Waals surface area contributed by atoms with Crippen LogP contribution >= 0.6 is 15.9 Å². The zero-order chi connectivity index (χ0) is 13.8. The van der Waals surface area contributed by atoms with Crippen LogP contribution in [0.4, 0.5) is 5.69 Å². The molecule has 1 rings (SSSR count). The third-order valence-electron chi connectivity index (χ3n) is 3.75. The molecule has 3 heteroatoms. The molecule has 0 radical (unpaired) electrons. The number of rotatable bonds is 6. The molecule has 1 N–H and O–H groups in total. The highest BCUT2D eigenvalue weighted by molar-refractivity contribution is 9.10. The van der Waals surface area contributed by atoms with Crippen molar-refractivity contribution in [2.45, 2.75) is 46.2 Å². The molecule has 18 heavy (non-hydrogen) atoms. The summed E-state index contributed by atoms with van der Waals surface area (Å²) in [5.41, 5.74) is 2.82. The van der Waals surface area contributed by atoms with E-state index in [-0.39, 0.29) is 5.54 Å². The van der Waals surface area contributed by atoms with Crippen LogP contribution < -0.4 is 10.2 Å². The summed E-state index contributed by atoms with van der Waals surface area (Å²) < 4.78 is 1.14. The molecule has 0 saturated heterocycles. The van der Waals surface area contributed by atoms with E-state index in [0.29, 0.717) is 0 Å². The lowest BCUT2D eigenvalue weighted by Crippen LogP contribution is -2.41. The van der Waals surface area contributed by atoms with Gasteiger partial charge in [-0.05, 0) is 44.5 Å². The van der Waals surface area contributed by atoms with E-state index >= 15 is 0 Å². The average molecular weight is 313 g/mol. The lowest BCUT2D eigenvalue weighted by atomic mass is 9.98. The van der Waals surface area contributed by atoms with E-state index in [1.807, 2.05) is 0 Å². The number of nitrogens with zero attached hydrogens (tertiary/aromatic N) is 1. The van der Waals surface area contributed by atoms with Gasteiger partial charge in [0.2, 0.25) is 0 Å². The van der Waals surface area contributed by atoms with E-state index in [0.717, 1.165) is 24.0 Å². The molecule has 1 aromatic rings. The third kappa shape index (κ3) is 3.72. The molecule has 0 amide bonds. The molecule has 0 spiro atoms. The Morgan fingerprint density at radius 2 is 1.94 bits per heavy atom. The summed E-state index contributed by atoms with van der Waals surface area (Å²) in [4.78, 5) is 2.38. The Bertz CT molecular complexity index is 388. The molecule has 0 fully saturated rings. The first-order valence-corrected chi connectivity index (χ1v) is 7.44. The fraction of sp³-hybridized carbons (Fsp3) is 0.600. The van der Waals surface area contributed by atoms with Gasteiger partial charge in [0.1, 0.15) is 0 Å². The van der Waals surface area contributed by atoms with Crippen molar-refractivity contribution in [1.29, 1.82) is 0 Å². The largest absolute Gasteiger partial charge is 0.369 e. The van der Waals surface area contributed by atoms with E-state index in [1.165, 1.54) is 11.3 Å². The standard InChI is InChI=1S/C15H25BrN2/c1-6-15(3,4)18(5)14-10-13(16)9-8-12(14)11-17-7-2/h8-10,17H,6-7,11H2,1-5H3. The quantitative estimate of drug-likeness (QED) is 0.847. The SMILES string of the molecule is CCNCc1ccc(Br)cc1N(C)C(C)(C)CC. The number of benzene rings is 1. The van der Waals surface area contributed by atoms with Crippen molar-refractivity contribution in [3.8, 4) is 0 Å². The molecule has 0 aromatic heterocycles. The van der Waals surface area contributed by atoms with E-state index in [1.54, 1.807) is 0 Å². The van der Waals surface area contributed by atoms with Gasteiger partial charge in [-0.1, -0.05) is 35.8 Å². The Kier molecular flexibility index (Phi) is 5.67. The van der Waals surface area contributed by atoms with Gasteiger partial charge in [0.05, 0.1) is 0 Å². The number of nitrogens with one attached hydrogen (secondary N) is 1. The lowest BCUT2D eigenvalue weighted by Gasteiger charge is -2.38. The Morgan fingerprint density at radius 1 is 1.28 bits per heavy atom. The Hall–Kier alpha value is -0.540. The first-order valence-electron chi connectivity index (χ1n) is 6.65. The summed E-state index contributed by atoms with van der Waals surface area (Å²) >= 11 is 3.57. The van der Waals surface area contributed by atoms with Crippen molar-refractivity contribution in [2.75, 3.05) is 18.5 Å². The van der Waals surface area contributed by atoms with Crippen LogP contribution in [0.1, 0.15) is 39.7 Å². The van der Waals surface area contributed by atoms with Crippen LogP contribution in [0.3, 0.4) is 0 Å². The average Bonchev–Trinajstić information content (AvgIpc) is 2.36. The molecule has 0 saturated carbocycles. The summed E-state index contributed by atoms with van der Waals surface area (Å²) in [6.45, 7) is 10.9. The number of anilines is 1. The summed E-state index contributed by atoms with van der Waals surface area (Å²) in [5.74, 6) is 0. The van der Waals surface area contributed by atoms with E-state index in [9.17, 15) is 0 Å². The van der Waals surface area contributed by atoms with Gasteiger partial charge < -0.3 is 10.2 Å². The van der Waals surface area contributed by atoms with E-state index in [4.69, 9.17) is 0 Å². The normalized spacial score (nSPS) is 11.7. The topological polar surface area (TPSA) is 15.3 Å². The second-order valence-electron chi connectivity index (χ2n) is 5.28. The summed E-state index contributed by atoms with van der Waals surface area (Å²) in [7, 11) is 2.18. The predicted molar refractivity (Wildman–Crippen MR) is 84.3 cm³/mol. The summed E-state index contributed by atoms with van der Waals surface area (Å²) in [5, 5.41) is 3.41. The van der Waals surface area contributed by atoms with Crippen LogP contribution in [0, 0.1) is 0 Å². The van der Waals surface area contributed by atoms with Crippen LogP contribution in [0.25, 0.3) is 0 Å². The molecular weight excluding hydrogens is 288 g/mol. The highest BCUT2D eigenvalue weighted by Crippen LogP contribution is 2.30. The van der Waals surface area contributed by atoms with Crippen molar-refractivity contribution in [3.63, 3.8) is 0 Å². The van der Waals surface area contributed by atoms with Gasteiger partial charge in [-0.25, -0.2) is 0 Å². The lowest BCUT2D eigenvalue weighted by molar-refractivity contribution is 0.469. The fourth-order valence-corrected chi connectivity index (χ4v) is 2.17. The monoisotopic (exact) mass is 312 g/mol. The molecular formula is C15H25BrN2. The van der Waals surface area contributed by atoms with Crippen molar-refractivity contribution in [1.82, 2.24) is 5.32 Å². The van der Waals surface area contributed by atoms with Crippen molar-refractivity contribution >= 4 is 21.6 Å². The molecule has 102 valence electrons. The van der Waals surface area contributed by atoms with Crippen molar-refractivity contribution in [3.05, 3.63) is 28.2 Å². The molecule has 0 aliphatic carbocycles. The van der Waals surface area contributed by atoms with E-state index < -0.39 is 0 Å². The maximum atomic E-state index is 3.57. The molecule has 0 aliphatic heterocycles. The van der Waals surface area contributed by atoms with Crippen LogP contribution in [0.5, 0.6) is 0 Å². The summed E-state index contributed by atoms with van der Waals surface area (Å²) in [6, 6.07) is 6.53. The van der Waals surface area contributed by atoms with Crippen molar-refractivity contribution < 1.29 is 0 Å². The maximum absolute atomic E-state index is 3.57. The maximum Gasteiger partial charge on any atom is 0.0425 e. The molecule has 0 heterocycles. The Balaban J connectivity index is 3.08. The van der Waals surface area contributed by atoms with Gasteiger partial charge in [0.25, 0.3) is 0 Å². The molecule has 0 aliphatic rings. The Morgan fingerprint density at radius 3 is 2.50 bits per heavy atom. The molecule has 0 bridgehead atoms. The molecule has 1 aromatic carbocycles. The van der Waals surface area contributed by atoms with Gasteiger partial charge in [-0.3, -0.25) is 0 Å². The van der Waals surface area contributed by atoms with Crippen LogP contribution in [-0.2, 0) is 6.54 Å². The summed E-state index contributed by atoms with van der Waals surface area (Å²) in [6.07, 6.45) is 1.12. The van der Waals surface area contributed by atoms with Gasteiger partial charge in [0, 0.05) is 29.3 Å². The number of hydrogen-bond donors (Lipinski definition) is 1. The zero-order valence-corrected chi connectivity index (χ0v) is 13.8. The van der Waals surface area contributed by atoms with Crippen LogP contribution in [0.2, 0.25) is 0 Å². The minimum absolute atomic E-state index is 0.168. The van der Waals surface area contributed by atoms with Crippen LogP contribution in [-0.4, -0.2) is 19.1 Å². The van der Waals surface area contributed by atoms with Gasteiger partial charge >= 0.3 is 0 Å². The second kappa shape index (κ2) is 6.58. The predicted octanol–water partition coefficient (Wildman–Crippen LogP) is 4.18. The van der Waals surface area contributed by atoms with Crippen LogP contribution in [0.15, 0.2) is 22.7 Å². The van der Waals surface area contributed by atoms with E-state index in [2.05, 4.69) is 79.1 Å². The van der Waals surface area contributed by atoms with Crippen molar-refractivity contribution in [2.24, 2.45) is 0 Å². The Labute approximate surface area is 120 Å². The first-order chi connectivity index (χ1) is 8.42. The first kappa shape index (κ1) is 15.5. The minimum Gasteiger partial charge on any atom is -0.369 e. The zero-order valence-electron chi connectivity index (χ0n) is 12.2. The number of halogens is 1. The van der Waals surface area contributed by atoms with Gasteiger partial charge in [-0.2, -0.15) is 0 Å². The molecule has 0 atom stereocenters. The highest BCUT2D eigenvalue weighted by Gasteiger charge is 2.23. The second-order valence-corrected chi connectivity index (χ2v) is 6.19. The smallest absolute Gasteiger partial charge is 0.0425 e. The third-order valence-corrected chi connectivity index (χ3v) is 4.24. The fourth-order valence-electron chi connectivity index (χ4n) is 1.82. The van der Waals surface area contributed by atoms with Gasteiger partial charge in [0.15, 0.2) is 0 Å². The van der Waals surface area contributed by atoms with Gasteiger partial charge in [-0.15, -0.1) is 0 Å².